The predicted octanol–water partition coefficient (Wildman–Crippen LogP) is 1.28. The third kappa shape index (κ3) is 3.66. The van der Waals surface area contributed by atoms with Crippen LogP contribution in [0.3, 0.4) is 0 Å². The van der Waals surface area contributed by atoms with E-state index in [0.717, 1.165) is 5.56 Å². The highest BCUT2D eigenvalue weighted by Gasteiger charge is 2.08. The van der Waals surface area contributed by atoms with E-state index in [-0.39, 0.29) is 11.7 Å². The molecule has 0 aliphatic rings. The molecule has 3 N–H and O–H groups in total. The van der Waals surface area contributed by atoms with E-state index in [1.54, 1.807) is 19.1 Å². The van der Waals surface area contributed by atoms with E-state index >= 15 is 0 Å². The second-order valence-electron chi connectivity index (χ2n) is 3.50. The number of aryl methyl sites for hydroxylation is 1. The molecule has 1 rings (SSSR count). The van der Waals surface area contributed by atoms with E-state index in [0.29, 0.717) is 17.1 Å². The third-order valence-corrected chi connectivity index (χ3v) is 3.38. The van der Waals surface area contributed by atoms with Crippen molar-refractivity contribution < 1.29 is 9.00 Å². The number of carbonyl (C=O) groups excluding carboxylic acids is 1. The number of hydrogen-bond donors (Lipinski definition) is 2. The van der Waals surface area contributed by atoms with Crippen molar-refractivity contribution >= 4 is 28.1 Å². The molecule has 0 saturated carbocycles. The van der Waals surface area contributed by atoms with Gasteiger partial charge in [0, 0.05) is 27.9 Å². The van der Waals surface area contributed by atoms with Crippen molar-refractivity contribution in [3.8, 4) is 0 Å². The normalized spacial score (nSPS) is 12.1. The van der Waals surface area contributed by atoms with Gasteiger partial charge in [-0.2, -0.15) is 0 Å². The number of nitrogens with one attached hydrogen (secondary N) is 1. The topological polar surface area (TPSA) is 72.2 Å². The van der Waals surface area contributed by atoms with Crippen molar-refractivity contribution in [1.82, 2.24) is 0 Å². The second-order valence-corrected chi connectivity index (χ2v) is 5.24. The van der Waals surface area contributed by atoms with Gasteiger partial charge in [0.1, 0.15) is 5.75 Å². The summed E-state index contributed by atoms with van der Waals surface area (Å²) in [6.07, 6.45) is 0. The summed E-state index contributed by atoms with van der Waals surface area (Å²) in [5.41, 5.74) is 7.83. The first kappa shape index (κ1) is 12.7. The minimum absolute atomic E-state index is 0.0325. The van der Waals surface area contributed by atoms with Crippen LogP contribution < -0.4 is 11.1 Å². The van der Waals surface area contributed by atoms with Crippen molar-refractivity contribution in [3.05, 3.63) is 23.8 Å². The SMILES string of the molecule is CCS(=O)CC(=O)Nc1cc(N)ccc1C. The summed E-state index contributed by atoms with van der Waals surface area (Å²) in [6, 6.07) is 5.30. The molecule has 5 heteroatoms. The largest absolute Gasteiger partial charge is 0.399 e. The summed E-state index contributed by atoms with van der Waals surface area (Å²) < 4.78 is 11.2. The number of anilines is 2. The number of rotatable bonds is 4. The number of nitrogen functional groups attached to an aromatic ring is 1. The van der Waals surface area contributed by atoms with Crippen LogP contribution in [0.5, 0.6) is 0 Å². The van der Waals surface area contributed by atoms with Gasteiger partial charge >= 0.3 is 0 Å². The number of amides is 1. The molecule has 0 bridgehead atoms. The maximum atomic E-state index is 11.5. The molecule has 1 unspecified atom stereocenters. The smallest absolute Gasteiger partial charge is 0.236 e. The Bertz CT molecular complexity index is 418. The Morgan fingerprint density at radius 1 is 1.50 bits per heavy atom. The molecule has 0 saturated heterocycles. The van der Waals surface area contributed by atoms with Crippen molar-refractivity contribution in [2.75, 3.05) is 22.6 Å². The minimum Gasteiger partial charge on any atom is -0.399 e. The molecule has 1 atom stereocenters. The van der Waals surface area contributed by atoms with Crippen LogP contribution in [0.25, 0.3) is 0 Å². The molecule has 0 fully saturated rings. The Kier molecular flexibility index (Phi) is 4.49. The first-order chi connectivity index (χ1) is 7.52. The van der Waals surface area contributed by atoms with E-state index in [4.69, 9.17) is 5.73 Å². The molecule has 1 aromatic carbocycles. The van der Waals surface area contributed by atoms with E-state index in [1.165, 1.54) is 0 Å². The van der Waals surface area contributed by atoms with E-state index < -0.39 is 10.8 Å². The highest BCUT2D eigenvalue weighted by molar-refractivity contribution is 7.85. The quantitative estimate of drug-likeness (QED) is 0.779. The predicted molar refractivity (Wildman–Crippen MR) is 67.8 cm³/mol. The van der Waals surface area contributed by atoms with Gasteiger partial charge in [0.2, 0.25) is 5.91 Å². The molecule has 1 aromatic rings. The summed E-state index contributed by atoms with van der Waals surface area (Å²) in [5, 5.41) is 2.70. The first-order valence-corrected chi connectivity index (χ1v) is 6.52. The molecule has 0 aliphatic heterocycles. The zero-order valence-electron chi connectivity index (χ0n) is 9.45. The van der Waals surface area contributed by atoms with Gasteiger partial charge in [-0.15, -0.1) is 0 Å². The monoisotopic (exact) mass is 240 g/mol. The molecule has 0 aromatic heterocycles. The van der Waals surface area contributed by atoms with E-state index in [2.05, 4.69) is 5.32 Å². The van der Waals surface area contributed by atoms with Crippen LogP contribution in [0.1, 0.15) is 12.5 Å². The lowest BCUT2D eigenvalue weighted by atomic mass is 10.2. The first-order valence-electron chi connectivity index (χ1n) is 5.04. The van der Waals surface area contributed by atoms with Crippen LogP contribution in [0.15, 0.2) is 18.2 Å². The van der Waals surface area contributed by atoms with Crippen molar-refractivity contribution in [2.45, 2.75) is 13.8 Å². The van der Waals surface area contributed by atoms with Gasteiger partial charge in [-0.05, 0) is 24.6 Å². The highest BCUT2D eigenvalue weighted by atomic mass is 32.2. The summed E-state index contributed by atoms with van der Waals surface area (Å²) in [6.45, 7) is 3.67. The molecule has 4 nitrogen and oxygen atoms in total. The van der Waals surface area contributed by atoms with Gasteiger partial charge < -0.3 is 11.1 Å². The summed E-state index contributed by atoms with van der Waals surface area (Å²) in [5.74, 6) is 0.280. The van der Waals surface area contributed by atoms with Gasteiger partial charge in [0.05, 0.1) is 0 Å². The summed E-state index contributed by atoms with van der Waals surface area (Å²) in [7, 11) is -1.09. The average molecular weight is 240 g/mol. The summed E-state index contributed by atoms with van der Waals surface area (Å²) >= 11 is 0. The molecular formula is C11H16N2O2S. The molecule has 0 heterocycles. The summed E-state index contributed by atoms with van der Waals surface area (Å²) in [4.78, 5) is 11.5. The molecule has 16 heavy (non-hydrogen) atoms. The Hall–Kier alpha value is -1.36. The number of benzene rings is 1. The minimum atomic E-state index is -1.09. The van der Waals surface area contributed by atoms with E-state index in [9.17, 15) is 9.00 Å². The fraction of sp³-hybridized carbons (Fsp3) is 0.364. The molecular weight excluding hydrogens is 224 g/mol. The van der Waals surface area contributed by atoms with Crippen molar-refractivity contribution in [1.29, 1.82) is 0 Å². The molecule has 88 valence electrons. The van der Waals surface area contributed by atoms with Gasteiger partial charge in [-0.1, -0.05) is 13.0 Å². The van der Waals surface area contributed by atoms with Gasteiger partial charge in [-0.25, -0.2) is 0 Å². The lowest BCUT2D eigenvalue weighted by Crippen LogP contribution is -2.20. The van der Waals surface area contributed by atoms with Gasteiger partial charge in [0.25, 0.3) is 0 Å². The van der Waals surface area contributed by atoms with Crippen LogP contribution in [-0.2, 0) is 15.6 Å². The average Bonchev–Trinajstić information content (AvgIpc) is 2.23. The Morgan fingerprint density at radius 2 is 2.19 bits per heavy atom. The Balaban J connectivity index is 2.69. The maximum Gasteiger partial charge on any atom is 0.236 e. The van der Waals surface area contributed by atoms with Crippen molar-refractivity contribution in [2.24, 2.45) is 0 Å². The number of nitrogens with two attached hydrogens (primary N) is 1. The third-order valence-electron chi connectivity index (χ3n) is 2.15. The van der Waals surface area contributed by atoms with Gasteiger partial charge in [-0.3, -0.25) is 9.00 Å². The van der Waals surface area contributed by atoms with Crippen molar-refractivity contribution in [3.63, 3.8) is 0 Å². The molecule has 0 radical (unpaired) electrons. The fourth-order valence-corrected chi connectivity index (χ4v) is 1.78. The second kappa shape index (κ2) is 5.65. The standard InChI is InChI=1S/C11H16N2O2S/c1-3-16(15)7-11(14)13-10-6-9(12)5-4-8(10)2/h4-6H,3,7,12H2,1-2H3,(H,13,14). The fourth-order valence-electron chi connectivity index (χ4n) is 1.21. The number of hydrogen-bond acceptors (Lipinski definition) is 3. The molecule has 0 aliphatic carbocycles. The Morgan fingerprint density at radius 3 is 2.81 bits per heavy atom. The molecule has 0 spiro atoms. The lowest BCUT2D eigenvalue weighted by Gasteiger charge is -2.08. The van der Waals surface area contributed by atoms with Crippen LogP contribution in [0.2, 0.25) is 0 Å². The van der Waals surface area contributed by atoms with Crippen LogP contribution in [0, 0.1) is 6.92 Å². The number of carbonyl (C=O) groups is 1. The Labute approximate surface area is 97.7 Å². The van der Waals surface area contributed by atoms with E-state index in [1.807, 2.05) is 13.0 Å². The lowest BCUT2D eigenvalue weighted by molar-refractivity contribution is -0.113. The van der Waals surface area contributed by atoms with Crippen LogP contribution in [0.4, 0.5) is 11.4 Å². The molecule has 1 amide bonds. The maximum absolute atomic E-state index is 11.5. The van der Waals surface area contributed by atoms with Gasteiger partial charge in [0.15, 0.2) is 0 Å². The zero-order chi connectivity index (χ0) is 12.1. The van der Waals surface area contributed by atoms with Crippen LogP contribution >= 0.6 is 0 Å². The highest BCUT2D eigenvalue weighted by Crippen LogP contribution is 2.17. The zero-order valence-corrected chi connectivity index (χ0v) is 10.3. The van der Waals surface area contributed by atoms with Crippen LogP contribution in [-0.4, -0.2) is 21.6 Å².